The molecule has 0 saturated carbocycles. The number of carbonyl (C=O) groups is 1. The van der Waals surface area contributed by atoms with Gasteiger partial charge in [-0.1, -0.05) is 6.07 Å². The Bertz CT molecular complexity index is 504. The van der Waals surface area contributed by atoms with E-state index < -0.39 is 5.97 Å². The minimum absolute atomic E-state index is 0.348. The van der Waals surface area contributed by atoms with E-state index in [1.54, 1.807) is 23.5 Å². The van der Waals surface area contributed by atoms with Crippen molar-refractivity contribution in [2.45, 2.75) is 6.54 Å². The van der Waals surface area contributed by atoms with Gasteiger partial charge in [0, 0.05) is 16.1 Å². The van der Waals surface area contributed by atoms with Gasteiger partial charge < -0.3 is 10.4 Å². The van der Waals surface area contributed by atoms with Gasteiger partial charge in [-0.2, -0.15) is 0 Å². The molecular formula is C11H11NO2S. The lowest BCUT2D eigenvalue weighted by Crippen LogP contribution is -2.02. The van der Waals surface area contributed by atoms with E-state index in [4.69, 9.17) is 5.11 Å². The van der Waals surface area contributed by atoms with Gasteiger partial charge in [0.2, 0.25) is 0 Å². The number of hydrogen-bond donors (Lipinski definition) is 2. The van der Waals surface area contributed by atoms with Crippen molar-refractivity contribution in [2.75, 3.05) is 7.05 Å². The van der Waals surface area contributed by atoms with Gasteiger partial charge in [0.25, 0.3) is 0 Å². The summed E-state index contributed by atoms with van der Waals surface area (Å²) in [6, 6.07) is 7.30. The first-order valence-corrected chi connectivity index (χ1v) is 5.42. The third kappa shape index (κ3) is 2.00. The van der Waals surface area contributed by atoms with Gasteiger partial charge in [-0.3, -0.25) is 0 Å². The highest BCUT2D eigenvalue weighted by Gasteiger charge is 2.06. The van der Waals surface area contributed by atoms with Crippen LogP contribution >= 0.6 is 11.3 Å². The molecule has 0 saturated heterocycles. The van der Waals surface area contributed by atoms with Crippen molar-refractivity contribution >= 4 is 27.4 Å². The third-order valence-corrected chi connectivity index (χ3v) is 3.27. The molecule has 78 valence electrons. The Morgan fingerprint density at radius 2 is 2.27 bits per heavy atom. The number of carboxylic acids is 1. The second kappa shape index (κ2) is 4.00. The largest absolute Gasteiger partial charge is 0.478 e. The van der Waals surface area contributed by atoms with E-state index in [0.29, 0.717) is 5.56 Å². The first kappa shape index (κ1) is 10.1. The van der Waals surface area contributed by atoms with Gasteiger partial charge in [-0.25, -0.2) is 4.79 Å². The minimum atomic E-state index is -0.875. The molecule has 1 heterocycles. The quantitative estimate of drug-likeness (QED) is 0.836. The van der Waals surface area contributed by atoms with Gasteiger partial charge in [0.05, 0.1) is 5.56 Å². The molecule has 2 aromatic rings. The van der Waals surface area contributed by atoms with Crippen LogP contribution in [0.4, 0.5) is 0 Å². The summed E-state index contributed by atoms with van der Waals surface area (Å²) in [5.74, 6) is -0.875. The molecule has 2 rings (SSSR count). The van der Waals surface area contributed by atoms with Crippen molar-refractivity contribution in [1.29, 1.82) is 0 Å². The zero-order valence-electron chi connectivity index (χ0n) is 8.28. The molecule has 0 unspecified atom stereocenters. The van der Waals surface area contributed by atoms with Gasteiger partial charge in [-0.15, -0.1) is 11.3 Å². The summed E-state index contributed by atoms with van der Waals surface area (Å²) in [6.45, 7) is 0.821. The fourth-order valence-corrected chi connectivity index (χ4v) is 2.60. The van der Waals surface area contributed by atoms with E-state index in [-0.39, 0.29) is 0 Å². The molecule has 0 atom stereocenters. The number of hydrogen-bond acceptors (Lipinski definition) is 3. The topological polar surface area (TPSA) is 49.3 Å². The average Bonchev–Trinajstić information content (AvgIpc) is 2.59. The normalized spacial score (nSPS) is 10.7. The molecular weight excluding hydrogens is 210 g/mol. The summed E-state index contributed by atoms with van der Waals surface area (Å²) in [5, 5.41) is 13.0. The number of fused-ring (bicyclic) bond motifs is 1. The second-order valence-electron chi connectivity index (χ2n) is 3.30. The van der Waals surface area contributed by atoms with E-state index in [1.807, 2.05) is 13.1 Å². The lowest BCUT2D eigenvalue weighted by atomic mass is 10.2. The van der Waals surface area contributed by atoms with E-state index in [1.165, 1.54) is 4.88 Å². The number of carboxylic acid groups (broad SMARTS) is 1. The molecule has 0 bridgehead atoms. The highest BCUT2D eigenvalue weighted by molar-refractivity contribution is 7.19. The van der Waals surface area contributed by atoms with Crippen LogP contribution in [0.3, 0.4) is 0 Å². The average molecular weight is 221 g/mol. The summed E-state index contributed by atoms with van der Waals surface area (Å²) in [6.07, 6.45) is 0. The Labute approximate surface area is 91.4 Å². The fraction of sp³-hybridized carbons (Fsp3) is 0.182. The number of thiophene rings is 1. The number of rotatable bonds is 3. The Morgan fingerprint density at radius 3 is 2.93 bits per heavy atom. The molecule has 2 N–H and O–H groups in total. The minimum Gasteiger partial charge on any atom is -0.478 e. The zero-order chi connectivity index (χ0) is 10.8. The van der Waals surface area contributed by atoms with Crippen LogP contribution in [0.25, 0.3) is 10.1 Å². The molecule has 0 radical (unpaired) electrons. The van der Waals surface area contributed by atoms with Gasteiger partial charge >= 0.3 is 5.97 Å². The predicted molar refractivity (Wildman–Crippen MR) is 61.5 cm³/mol. The maximum Gasteiger partial charge on any atom is 0.335 e. The first-order chi connectivity index (χ1) is 7.20. The van der Waals surface area contributed by atoms with Crippen LogP contribution in [-0.2, 0) is 6.54 Å². The number of benzene rings is 1. The second-order valence-corrected chi connectivity index (χ2v) is 4.47. The highest BCUT2D eigenvalue weighted by Crippen LogP contribution is 2.26. The van der Waals surface area contributed by atoms with Crippen LogP contribution in [0.5, 0.6) is 0 Å². The molecule has 0 aliphatic heterocycles. The van der Waals surface area contributed by atoms with Crippen LogP contribution in [0.1, 0.15) is 15.2 Å². The molecule has 15 heavy (non-hydrogen) atoms. The Morgan fingerprint density at radius 1 is 1.47 bits per heavy atom. The Balaban J connectivity index is 2.47. The molecule has 1 aromatic heterocycles. The molecule has 0 aliphatic rings. The number of nitrogens with one attached hydrogen (secondary N) is 1. The molecule has 1 aromatic carbocycles. The summed E-state index contributed by atoms with van der Waals surface area (Å²) in [7, 11) is 1.90. The summed E-state index contributed by atoms with van der Waals surface area (Å²) in [4.78, 5) is 12.0. The molecule has 0 aliphatic carbocycles. The van der Waals surface area contributed by atoms with Crippen LogP contribution in [0.15, 0.2) is 24.3 Å². The van der Waals surface area contributed by atoms with E-state index >= 15 is 0 Å². The van der Waals surface area contributed by atoms with Crippen LogP contribution in [-0.4, -0.2) is 18.1 Å². The summed E-state index contributed by atoms with van der Waals surface area (Å²) in [5.41, 5.74) is 0.348. The smallest absolute Gasteiger partial charge is 0.335 e. The molecule has 3 nitrogen and oxygen atoms in total. The Kier molecular flexibility index (Phi) is 2.70. The highest BCUT2D eigenvalue weighted by atomic mass is 32.1. The van der Waals surface area contributed by atoms with Gasteiger partial charge in [0.1, 0.15) is 0 Å². The predicted octanol–water partition coefficient (Wildman–Crippen LogP) is 2.32. The third-order valence-electron chi connectivity index (χ3n) is 2.17. The van der Waals surface area contributed by atoms with Crippen molar-refractivity contribution in [3.8, 4) is 0 Å². The molecule has 0 amide bonds. The molecule has 0 fully saturated rings. The Hall–Kier alpha value is -1.39. The standard InChI is InChI=1S/C11H11NO2S/c1-12-6-9-4-7-2-3-8(11(13)14)5-10(7)15-9/h2-5,12H,6H2,1H3,(H,13,14). The van der Waals surface area contributed by atoms with Crippen molar-refractivity contribution in [3.05, 3.63) is 34.7 Å². The van der Waals surface area contributed by atoms with E-state index in [9.17, 15) is 4.79 Å². The number of aromatic carboxylic acids is 1. The molecule has 0 spiro atoms. The lowest BCUT2D eigenvalue weighted by Gasteiger charge is -1.92. The van der Waals surface area contributed by atoms with Gasteiger partial charge in [-0.05, 0) is 30.6 Å². The SMILES string of the molecule is CNCc1cc2ccc(C(=O)O)cc2s1. The lowest BCUT2D eigenvalue weighted by molar-refractivity contribution is 0.0697. The molecule has 4 heteroatoms. The van der Waals surface area contributed by atoms with Gasteiger partial charge in [0.15, 0.2) is 0 Å². The monoisotopic (exact) mass is 221 g/mol. The van der Waals surface area contributed by atoms with Crippen molar-refractivity contribution in [2.24, 2.45) is 0 Å². The maximum atomic E-state index is 10.8. The van der Waals surface area contributed by atoms with Crippen LogP contribution in [0, 0.1) is 0 Å². The maximum absolute atomic E-state index is 10.8. The van der Waals surface area contributed by atoms with Crippen molar-refractivity contribution < 1.29 is 9.90 Å². The van der Waals surface area contributed by atoms with Crippen molar-refractivity contribution in [1.82, 2.24) is 5.32 Å². The summed E-state index contributed by atoms with van der Waals surface area (Å²) < 4.78 is 1.03. The van der Waals surface area contributed by atoms with E-state index in [0.717, 1.165) is 16.6 Å². The van der Waals surface area contributed by atoms with E-state index in [2.05, 4.69) is 11.4 Å². The fourth-order valence-electron chi connectivity index (χ4n) is 1.48. The summed E-state index contributed by atoms with van der Waals surface area (Å²) >= 11 is 1.63. The van der Waals surface area contributed by atoms with Crippen LogP contribution in [0.2, 0.25) is 0 Å². The first-order valence-electron chi connectivity index (χ1n) is 4.61. The van der Waals surface area contributed by atoms with Crippen molar-refractivity contribution in [3.63, 3.8) is 0 Å². The van der Waals surface area contributed by atoms with Crippen LogP contribution < -0.4 is 5.32 Å². The zero-order valence-corrected chi connectivity index (χ0v) is 9.10.